The third-order valence-electron chi connectivity index (χ3n) is 7.62. The molecular weight excluding hydrogens is 586 g/mol. The van der Waals surface area contributed by atoms with Crippen LogP contribution in [0, 0.1) is 0 Å². The number of aliphatic hydroxyl groups is 8. The maximum atomic E-state index is 11.1. The first kappa shape index (κ1) is 35.7. The fourth-order valence-corrected chi connectivity index (χ4v) is 5.26. The average Bonchev–Trinajstić information content (AvgIpc) is 2.97. The number of aliphatic imine (C=N–C) groups is 1. The van der Waals surface area contributed by atoms with Crippen molar-refractivity contribution >= 4 is 18.5 Å². The number of rotatable bonds is 12. The normalized spacial score (nSPS) is 47.0. The SMILES string of the molecule is N/C(CCCCS)=N\[C@]1(CO)O[C@H](OC2[C@@H](CO)O[C@@H](OC3[C@@H](CO)O[C@@H](O)[C@H](N)[C@H]3O)[C@H](N)[C@H]2O)[C@H](N)[C@@H](O)[C@@H]1O. The second kappa shape index (κ2) is 15.5. The number of ether oxygens (including phenoxy) is 5. The highest BCUT2D eigenvalue weighted by atomic mass is 32.1. The highest BCUT2D eigenvalue weighted by Gasteiger charge is 2.56. The number of nitrogens with zero attached hydrogens (tertiary/aromatic N) is 1. The molecule has 0 saturated carbocycles. The topological polar surface area (TPSA) is 324 Å². The summed E-state index contributed by atoms with van der Waals surface area (Å²) < 4.78 is 28.2. The van der Waals surface area contributed by atoms with Crippen molar-refractivity contribution in [2.75, 3.05) is 25.6 Å². The number of thiol groups is 1. The molecule has 3 heterocycles. The first-order valence-corrected chi connectivity index (χ1v) is 14.2. The molecule has 0 bridgehead atoms. The molecule has 0 aromatic rings. The Morgan fingerprint density at radius 2 is 1.33 bits per heavy atom. The van der Waals surface area contributed by atoms with Crippen LogP contribution in [0.15, 0.2) is 4.99 Å². The van der Waals surface area contributed by atoms with Crippen LogP contribution in [0.3, 0.4) is 0 Å². The number of aliphatic hydroxyl groups excluding tert-OH is 8. The minimum atomic E-state index is -2.17. The second-order valence-electron chi connectivity index (χ2n) is 10.6. The summed E-state index contributed by atoms with van der Waals surface area (Å²) in [6.45, 7) is -2.36. The molecule has 3 rings (SSSR count). The predicted molar refractivity (Wildman–Crippen MR) is 145 cm³/mol. The molecule has 0 aromatic heterocycles. The molecule has 0 spiro atoms. The van der Waals surface area contributed by atoms with Crippen LogP contribution in [-0.2, 0) is 23.7 Å². The third kappa shape index (κ3) is 7.51. The van der Waals surface area contributed by atoms with Gasteiger partial charge in [0.2, 0.25) is 5.72 Å². The molecule has 2 unspecified atom stereocenters. The van der Waals surface area contributed by atoms with Gasteiger partial charge in [-0.1, -0.05) is 0 Å². The Balaban J connectivity index is 1.78. The summed E-state index contributed by atoms with van der Waals surface area (Å²) in [7, 11) is 0. The maximum absolute atomic E-state index is 11.1. The van der Waals surface area contributed by atoms with E-state index in [0.29, 0.717) is 12.2 Å². The van der Waals surface area contributed by atoms with Crippen LogP contribution in [0.4, 0.5) is 0 Å². The lowest BCUT2D eigenvalue weighted by Gasteiger charge is -2.50. The summed E-state index contributed by atoms with van der Waals surface area (Å²) in [5, 5.41) is 82.6. The Kier molecular flexibility index (Phi) is 13.1. The Bertz CT molecular complexity index is 881. The van der Waals surface area contributed by atoms with E-state index in [1.165, 1.54) is 0 Å². The number of unbranched alkanes of at least 4 members (excludes halogenated alkanes) is 1. The van der Waals surface area contributed by atoms with Gasteiger partial charge in [0.05, 0.1) is 43.8 Å². The van der Waals surface area contributed by atoms with Gasteiger partial charge in [0.15, 0.2) is 18.9 Å². The van der Waals surface area contributed by atoms with Gasteiger partial charge in [-0.05, 0) is 18.6 Å². The van der Waals surface area contributed by atoms with Crippen LogP contribution >= 0.6 is 12.6 Å². The quantitative estimate of drug-likeness (QED) is 0.0412. The second-order valence-corrected chi connectivity index (χ2v) is 11.0. The third-order valence-corrected chi connectivity index (χ3v) is 7.94. The largest absolute Gasteiger partial charge is 0.394 e. The van der Waals surface area contributed by atoms with E-state index in [4.69, 9.17) is 46.6 Å². The highest BCUT2D eigenvalue weighted by molar-refractivity contribution is 7.80. The van der Waals surface area contributed by atoms with Gasteiger partial charge < -0.3 is 87.5 Å². The number of amidine groups is 1. The van der Waals surface area contributed by atoms with Crippen molar-refractivity contribution in [1.82, 2.24) is 0 Å². The zero-order chi connectivity index (χ0) is 31.4. The van der Waals surface area contributed by atoms with Crippen molar-refractivity contribution in [1.29, 1.82) is 0 Å². The van der Waals surface area contributed by atoms with Crippen LogP contribution in [0.2, 0.25) is 0 Å². The van der Waals surface area contributed by atoms with Gasteiger partial charge in [0.25, 0.3) is 0 Å². The van der Waals surface area contributed by atoms with Crippen molar-refractivity contribution in [2.45, 2.75) is 111 Å². The number of hydrogen-bond acceptors (Lipinski definition) is 18. The van der Waals surface area contributed by atoms with Gasteiger partial charge in [-0.3, -0.25) is 0 Å². The average molecular weight is 632 g/mol. The number of hydrogen-bond donors (Lipinski definition) is 13. The van der Waals surface area contributed by atoms with E-state index in [9.17, 15) is 40.9 Å². The Morgan fingerprint density at radius 1 is 0.786 bits per heavy atom. The Hall–Kier alpha value is -0.820. The smallest absolute Gasteiger partial charge is 0.214 e. The van der Waals surface area contributed by atoms with Gasteiger partial charge >= 0.3 is 0 Å². The zero-order valence-corrected chi connectivity index (χ0v) is 23.7. The molecule has 16 N–H and O–H groups in total. The summed E-state index contributed by atoms with van der Waals surface area (Å²) in [6.07, 6.45) is -15.2. The maximum Gasteiger partial charge on any atom is 0.214 e. The van der Waals surface area contributed by atoms with Crippen LogP contribution in [0.5, 0.6) is 0 Å². The molecule has 42 heavy (non-hydrogen) atoms. The summed E-state index contributed by atoms with van der Waals surface area (Å²) in [5.74, 6) is 0.630. The fraction of sp³-hybridized carbons (Fsp3) is 0.957. The van der Waals surface area contributed by atoms with Gasteiger partial charge in [0.1, 0.15) is 48.8 Å². The molecule has 3 aliphatic heterocycles. The van der Waals surface area contributed by atoms with Gasteiger partial charge in [0, 0.05) is 6.42 Å². The minimum Gasteiger partial charge on any atom is -0.394 e. The molecule has 0 amide bonds. The van der Waals surface area contributed by atoms with E-state index in [0.717, 1.165) is 6.42 Å². The minimum absolute atomic E-state index is 0.0184. The van der Waals surface area contributed by atoms with Crippen LogP contribution < -0.4 is 22.9 Å². The van der Waals surface area contributed by atoms with Gasteiger partial charge in [-0.2, -0.15) is 12.6 Å². The molecule has 18 nitrogen and oxygen atoms in total. The lowest BCUT2D eigenvalue weighted by Crippen LogP contribution is -2.71. The standard InChI is InChI=1S/C23H45N5O13S/c24-10(3-1-2-4-42)28-23(7-31)19(35)16(34)13(27)22(41-23)40-18-9(6-30)38-21(12(26)15(18)33)39-17-8(5-29)37-20(36)11(25)14(17)32/h8-9,11-22,29-36,42H,1-7,25-27H2,(H2,24,28)/t8-,9-,11-,12-,13-,14-,15-,16-,17?,18?,19+,20-,21+,22+,23-/m1/s1. The van der Waals surface area contributed by atoms with E-state index in [1.807, 2.05) is 0 Å². The van der Waals surface area contributed by atoms with Crippen LogP contribution in [-0.4, -0.2) is 164 Å². The Labute approximate surface area is 247 Å². The molecule has 0 radical (unpaired) electrons. The fourth-order valence-electron chi connectivity index (χ4n) is 5.04. The van der Waals surface area contributed by atoms with E-state index >= 15 is 0 Å². The Morgan fingerprint density at radius 3 is 1.90 bits per heavy atom. The zero-order valence-electron chi connectivity index (χ0n) is 22.9. The van der Waals surface area contributed by atoms with Crippen LogP contribution in [0.1, 0.15) is 19.3 Å². The van der Waals surface area contributed by atoms with Crippen molar-refractivity contribution in [3.05, 3.63) is 0 Å². The first-order chi connectivity index (χ1) is 19.8. The van der Waals surface area contributed by atoms with E-state index < -0.39 is 111 Å². The molecule has 19 heteroatoms. The molecule has 0 aliphatic carbocycles. The van der Waals surface area contributed by atoms with Gasteiger partial charge in [-0.15, -0.1) is 0 Å². The molecule has 3 aliphatic rings. The molecule has 3 fully saturated rings. The van der Waals surface area contributed by atoms with Crippen molar-refractivity contribution in [2.24, 2.45) is 27.9 Å². The van der Waals surface area contributed by atoms with Crippen molar-refractivity contribution < 1.29 is 64.5 Å². The molecular formula is C23H45N5O13S. The lowest BCUT2D eigenvalue weighted by molar-refractivity contribution is -0.359. The first-order valence-electron chi connectivity index (χ1n) is 13.6. The van der Waals surface area contributed by atoms with Crippen molar-refractivity contribution in [3.8, 4) is 0 Å². The monoisotopic (exact) mass is 631 g/mol. The molecule has 0 aromatic carbocycles. The number of nitrogens with two attached hydrogens (primary N) is 4. The predicted octanol–water partition coefficient (Wildman–Crippen LogP) is -6.89. The van der Waals surface area contributed by atoms with E-state index in [-0.39, 0.29) is 12.3 Å². The molecule has 3 saturated heterocycles. The van der Waals surface area contributed by atoms with Crippen molar-refractivity contribution in [3.63, 3.8) is 0 Å². The summed E-state index contributed by atoms with van der Waals surface area (Å²) in [4.78, 5) is 4.13. The molecule has 15 atom stereocenters. The highest BCUT2D eigenvalue weighted by Crippen LogP contribution is 2.35. The summed E-state index contributed by atoms with van der Waals surface area (Å²) in [6, 6.07) is -4.12. The van der Waals surface area contributed by atoms with E-state index in [2.05, 4.69) is 17.6 Å². The summed E-state index contributed by atoms with van der Waals surface area (Å²) >= 11 is 4.13. The lowest BCUT2D eigenvalue weighted by atomic mass is 9.92. The summed E-state index contributed by atoms with van der Waals surface area (Å²) in [5.41, 5.74) is 21.8. The van der Waals surface area contributed by atoms with Crippen LogP contribution in [0.25, 0.3) is 0 Å². The molecule has 246 valence electrons. The van der Waals surface area contributed by atoms with E-state index in [1.54, 1.807) is 0 Å². The van der Waals surface area contributed by atoms with Gasteiger partial charge in [-0.25, -0.2) is 4.99 Å².